The molecule has 0 heterocycles. The van der Waals surface area contributed by atoms with Crippen LogP contribution in [0.1, 0.15) is 181 Å². The number of hydrogen-bond donors (Lipinski definition) is 2. The van der Waals surface area contributed by atoms with Crippen LogP contribution in [0.3, 0.4) is 0 Å². The number of hydrogen-bond acceptors (Lipinski definition) is 6. The van der Waals surface area contributed by atoms with E-state index in [2.05, 4.69) is 31.3 Å². The van der Waals surface area contributed by atoms with Gasteiger partial charge in [-0.2, -0.15) is 0 Å². The summed E-state index contributed by atoms with van der Waals surface area (Å²) in [5.41, 5.74) is 0. The SMILES string of the molecule is CCCCCCCC/C=C/CC/C=C/[C@@H](O)[C@H](COP(=O)([O-])OCC[N+](C)(C)C)NC(=O)CCCCCCCCCCCCCCCCCC. The van der Waals surface area contributed by atoms with Gasteiger partial charge in [-0.15, -0.1) is 0 Å². The predicted octanol–water partition coefficient (Wildman–Crippen LogP) is 10.3. The van der Waals surface area contributed by atoms with Crippen molar-refractivity contribution in [3.05, 3.63) is 24.3 Å². The molecule has 0 saturated carbocycles. The van der Waals surface area contributed by atoms with E-state index in [9.17, 15) is 19.4 Å². The minimum atomic E-state index is -4.58. The van der Waals surface area contributed by atoms with Crippen LogP contribution in [0, 0.1) is 0 Å². The first-order valence-electron chi connectivity index (χ1n) is 20.7. The van der Waals surface area contributed by atoms with Crippen LogP contribution in [0.4, 0.5) is 0 Å². The summed E-state index contributed by atoms with van der Waals surface area (Å²) < 4.78 is 23.1. The van der Waals surface area contributed by atoms with E-state index in [1.807, 2.05) is 27.2 Å². The summed E-state index contributed by atoms with van der Waals surface area (Å²) in [5.74, 6) is -0.208. The summed E-state index contributed by atoms with van der Waals surface area (Å²) in [6, 6.07) is -0.896. The van der Waals surface area contributed by atoms with Crippen LogP contribution in [0.25, 0.3) is 0 Å². The summed E-state index contributed by atoms with van der Waals surface area (Å²) in [6.07, 6.45) is 37.9. The van der Waals surface area contributed by atoms with Gasteiger partial charge < -0.3 is 28.8 Å². The number of rotatable bonds is 37. The fourth-order valence-electron chi connectivity index (χ4n) is 5.81. The zero-order chi connectivity index (χ0) is 37.2. The third kappa shape index (κ3) is 35.4. The highest BCUT2D eigenvalue weighted by atomic mass is 31.2. The van der Waals surface area contributed by atoms with E-state index in [4.69, 9.17) is 9.05 Å². The van der Waals surface area contributed by atoms with Gasteiger partial charge in [0.2, 0.25) is 5.91 Å². The van der Waals surface area contributed by atoms with E-state index in [-0.39, 0.29) is 19.1 Å². The van der Waals surface area contributed by atoms with E-state index in [1.54, 1.807) is 6.08 Å². The van der Waals surface area contributed by atoms with Crippen molar-refractivity contribution in [3.63, 3.8) is 0 Å². The van der Waals surface area contributed by atoms with Crippen molar-refractivity contribution in [2.75, 3.05) is 40.9 Å². The summed E-state index contributed by atoms with van der Waals surface area (Å²) in [7, 11) is 1.25. The molecule has 0 aliphatic rings. The number of nitrogens with one attached hydrogen (secondary N) is 1. The maximum Gasteiger partial charge on any atom is 0.268 e. The third-order valence-electron chi connectivity index (χ3n) is 9.16. The Balaban J connectivity index is 4.47. The standard InChI is InChI=1S/C41H81N2O6P/c1-6-8-10-12-14-16-18-20-21-22-23-25-27-29-31-33-35-41(45)42-39(38-49-50(46,47)48-37-36-43(3,4)5)40(44)34-32-30-28-26-24-19-17-15-13-11-9-7-2/h24,26,32,34,39-40,44H,6-23,25,27-31,33,35-38H2,1-5H3,(H-,42,45,46,47)/b26-24+,34-32+/t39-,40+/m0/s1. The number of allylic oxidation sites excluding steroid dienone is 3. The second kappa shape index (κ2) is 33.8. The van der Waals surface area contributed by atoms with Crippen LogP contribution >= 0.6 is 7.82 Å². The molecule has 0 aromatic carbocycles. The molecule has 1 amide bonds. The molecular formula is C41H81N2O6P. The number of unbranched alkanes of at least 4 members (excludes halogenated alkanes) is 22. The van der Waals surface area contributed by atoms with Crippen LogP contribution in [0.5, 0.6) is 0 Å². The Morgan fingerprint density at radius 1 is 0.680 bits per heavy atom. The van der Waals surface area contributed by atoms with Gasteiger partial charge in [0.25, 0.3) is 7.82 Å². The highest BCUT2D eigenvalue weighted by molar-refractivity contribution is 7.45. The number of aliphatic hydroxyl groups is 1. The van der Waals surface area contributed by atoms with Gasteiger partial charge in [0.15, 0.2) is 0 Å². The van der Waals surface area contributed by atoms with Crippen LogP contribution in [0.2, 0.25) is 0 Å². The Bertz CT molecular complexity index is 876. The first kappa shape index (κ1) is 49.0. The number of nitrogens with zero attached hydrogens (tertiary/aromatic N) is 1. The molecule has 0 spiro atoms. The molecule has 0 rings (SSSR count). The lowest BCUT2D eigenvalue weighted by Crippen LogP contribution is -2.45. The van der Waals surface area contributed by atoms with Crippen molar-refractivity contribution in [2.45, 2.75) is 193 Å². The third-order valence-corrected chi connectivity index (χ3v) is 10.1. The minimum Gasteiger partial charge on any atom is -0.756 e. The predicted molar refractivity (Wildman–Crippen MR) is 210 cm³/mol. The molecule has 0 aliphatic carbocycles. The Morgan fingerprint density at radius 2 is 1.12 bits per heavy atom. The Morgan fingerprint density at radius 3 is 1.62 bits per heavy atom. The normalized spacial score (nSPS) is 14.8. The number of quaternary nitrogens is 1. The van der Waals surface area contributed by atoms with Gasteiger partial charge in [-0.3, -0.25) is 9.36 Å². The number of carbonyl (C=O) groups excluding carboxylic acids is 1. The largest absolute Gasteiger partial charge is 0.756 e. The molecule has 2 N–H and O–H groups in total. The second-order valence-corrected chi connectivity index (χ2v) is 16.8. The van der Waals surface area contributed by atoms with Crippen molar-refractivity contribution < 1.29 is 32.9 Å². The van der Waals surface area contributed by atoms with Crippen molar-refractivity contribution in [2.24, 2.45) is 0 Å². The molecule has 0 aromatic rings. The number of likely N-dealkylation sites (N-methyl/N-ethyl adjacent to an activating group) is 1. The van der Waals surface area contributed by atoms with Crippen LogP contribution in [0.15, 0.2) is 24.3 Å². The number of phosphoric ester groups is 1. The summed E-state index contributed by atoms with van der Waals surface area (Å²) in [4.78, 5) is 25.2. The molecule has 3 atom stereocenters. The van der Waals surface area contributed by atoms with Gasteiger partial charge in [0.05, 0.1) is 39.9 Å². The van der Waals surface area contributed by atoms with Gasteiger partial charge in [-0.05, 0) is 32.1 Å². The van der Waals surface area contributed by atoms with E-state index in [0.29, 0.717) is 17.4 Å². The van der Waals surface area contributed by atoms with Gasteiger partial charge in [-0.25, -0.2) is 0 Å². The fourth-order valence-corrected chi connectivity index (χ4v) is 6.54. The molecular weight excluding hydrogens is 647 g/mol. The number of carbonyl (C=O) groups is 1. The van der Waals surface area contributed by atoms with Gasteiger partial charge in [0, 0.05) is 6.42 Å². The number of amides is 1. The number of phosphoric acid groups is 1. The molecule has 0 aliphatic heterocycles. The maximum absolute atomic E-state index is 12.8. The van der Waals surface area contributed by atoms with E-state index in [1.165, 1.54) is 122 Å². The first-order chi connectivity index (χ1) is 24.0. The molecule has 296 valence electrons. The van der Waals surface area contributed by atoms with Crippen molar-refractivity contribution >= 4 is 13.7 Å². The Kier molecular flexibility index (Phi) is 33.1. The van der Waals surface area contributed by atoms with Crippen molar-refractivity contribution in [1.29, 1.82) is 0 Å². The van der Waals surface area contributed by atoms with E-state index >= 15 is 0 Å². The maximum atomic E-state index is 12.8. The summed E-state index contributed by atoms with van der Waals surface area (Å²) in [5, 5.41) is 13.7. The highest BCUT2D eigenvalue weighted by Gasteiger charge is 2.23. The molecule has 8 nitrogen and oxygen atoms in total. The molecule has 0 aromatic heterocycles. The molecule has 1 unspecified atom stereocenters. The molecule has 50 heavy (non-hydrogen) atoms. The van der Waals surface area contributed by atoms with Crippen LogP contribution in [-0.4, -0.2) is 68.5 Å². The second-order valence-electron chi connectivity index (χ2n) is 15.3. The lowest BCUT2D eigenvalue weighted by molar-refractivity contribution is -0.870. The van der Waals surface area contributed by atoms with Crippen molar-refractivity contribution in [3.8, 4) is 0 Å². The average Bonchev–Trinajstić information content (AvgIpc) is 3.06. The molecule has 0 saturated heterocycles. The Labute approximate surface area is 309 Å². The highest BCUT2D eigenvalue weighted by Crippen LogP contribution is 2.38. The Hall–Kier alpha value is -1.02. The average molecular weight is 729 g/mol. The quantitative estimate of drug-likeness (QED) is 0.0285. The first-order valence-corrected chi connectivity index (χ1v) is 22.2. The topological polar surface area (TPSA) is 108 Å². The molecule has 0 fully saturated rings. The zero-order valence-corrected chi connectivity index (χ0v) is 34.2. The van der Waals surface area contributed by atoms with E-state index < -0.39 is 20.0 Å². The lowest BCUT2D eigenvalue weighted by atomic mass is 10.0. The number of aliphatic hydroxyl groups excluding tert-OH is 1. The van der Waals surface area contributed by atoms with Gasteiger partial charge in [0.1, 0.15) is 13.2 Å². The van der Waals surface area contributed by atoms with Crippen LogP contribution in [-0.2, 0) is 18.4 Å². The zero-order valence-electron chi connectivity index (χ0n) is 33.4. The summed E-state index contributed by atoms with van der Waals surface area (Å²) >= 11 is 0. The minimum absolute atomic E-state index is 0.00457. The molecule has 0 radical (unpaired) electrons. The summed E-state index contributed by atoms with van der Waals surface area (Å²) in [6.45, 7) is 4.60. The molecule has 9 heteroatoms. The van der Waals surface area contributed by atoms with Gasteiger partial charge >= 0.3 is 0 Å². The van der Waals surface area contributed by atoms with Crippen molar-refractivity contribution in [1.82, 2.24) is 5.32 Å². The monoisotopic (exact) mass is 729 g/mol. The van der Waals surface area contributed by atoms with E-state index in [0.717, 1.165) is 38.5 Å². The van der Waals surface area contributed by atoms with Crippen LogP contribution < -0.4 is 10.2 Å². The van der Waals surface area contributed by atoms with Gasteiger partial charge in [-0.1, -0.05) is 167 Å². The fraction of sp³-hybridized carbons (Fsp3) is 0.878. The smallest absolute Gasteiger partial charge is 0.268 e. The molecule has 0 bridgehead atoms. The lowest BCUT2D eigenvalue weighted by Gasteiger charge is -2.29.